The summed E-state index contributed by atoms with van der Waals surface area (Å²) in [6.07, 6.45) is 0.433. The van der Waals surface area contributed by atoms with Crippen molar-refractivity contribution in [3.05, 3.63) is 59.7 Å². The number of amides is 3. The molecule has 0 aliphatic carbocycles. The molecule has 2 aromatic rings. The summed E-state index contributed by atoms with van der Waals surface area (Å²) < 4.78 is 0. The Balaban J connectivity index is 1.63. The van der Waals surface area contributed by atoms with Crippen LogP contribution in [0.1, 0.15) is 24.0 Å². The second-order valence-electron chi connectivity index (χ2n) is 6.59. The van der Waals surface area contributed by atoms with Crippen LogP contribution in [-0.2, 0) is 14.4 Å². The Morgan fingerprint density at radius 3 is 2.36 bits per heavy atom. The van der Waals surface area contributed by atoms with E-state index in [4.69, 9.17) is 0 Å². The number of aryl methyl sites for hydroxylation is 2. The highest BCUT2D eigenvalue weighted by Crippen LogP contribution is 2.20. The summed E-state index contributed by atoms with van der Waals surface area (Å²) in [7, 11) is 0. The number of hydrazone groups is 1. The lowest BCUT2D eigenvalue weighted by Gasteiger charge is -2.23. The zero-order valence-corrected chi connectivity index (χ0v) is 15.9. The Kier molecular flexibility index (Phi) is 5.84. The van der Waals surface area contributed by atoms with E-state index in [0.29, 0.717) is 5.69 Å². The molecule has 2 aromatic carbocycles. The van der Waals surface area contributed by atoms with Gasteiger partial charge in [-0.25, -0.2) is 5.01 Å². The lowest BCUT2D eigenvalue weighted by molar-refractivity contribution is -0.120. The topological polar surface area (TPSA) is 90.9 Å². The number of benzene rings is 2. The van der Waals surface area contributed by atoms with Crippen LogP contribution in [0.5, 0.6) is 0 Å². The predicted octanol–water partition coefficient (Wildman–Crippen LogP) is 2.54. The summed E-state index contributed by atoms with van der Waals surface area (Å²) in [6.45, 7) is 3.64. The van der Waals surface area contributed by atoms with Crippen molar-refractivity contribution in [2.75, 3.05) is 16.9 Å². The maximum Gasteiger partial charge on any atom is 0.267 e. The van der Waals surface area contributed by atoms with Crippen molar-refractivity contribution in [1.29, 1.82) is 0 Å². The molecule has 7 heteroatoms. The first-order valence-electron chi connectivity index (χ1n) is 9.05. The van der Waals surface area contributed by atoms with Crippen LogP contribution in [0.3, 0.4) is 0 Å². The molecule has 0 unspecified atom stereocenters. The second kappa shape index (κ2) is 8.47. The van der Waals surface area contributed by atoms with Crippen LogP contribution in [0.15, 0.2) is 53.6 Å². The van der Waals surface area contributed by atoms with E-state index in [1.54, 1.807) is 24.3 Å². The van der Waals surface area contributed by atoms with Gasteiger partial charge in [-0.3, -0.25) is 14.4 Å². The first-order valence-corrected chi connectivity index (χ1v) is 9.05. The van der Waals surface area contributed by atoms with Crippen molar-refractivity contribution in [2.45, 2.75) is 26.7 Å². The van der Waals surface area contributed by atoms with Gasteiger partial charge in [0, 0.05) is 18.5 Å². The van der Waals surface area contributed by atoms with Gasteiger partial charge < -0.3 is 10.6 Å². The molecule has 0 spiro atoms. The first kappa shape index (κ1) is 19.3. The Hall–Kier alpha value is -3.48. The normalized spacial score (nSPS) is 13.7. The summed E-state index contributed by atoms with van der Waals surface area (Å²) in [5.74, 6) is -0.946. The zero-order chi connectivity index (χ0) is 20.1. The van der Waals surface area contributed by atoms with E-state index in [0.717, 1.165) is 16.8 Å². The largest absolute Gasteiger partial charge is 0.342 e. The molecular weight excluding hydrogens is 356 g/mol. The average Bonchev–Trinajstić information content (AvgIpc) is 2.70. The molecule has 0 saturated heterocycles. The van der Waals surface area contributed by atoms with E-state index in [1.165, 1.54) is 5.01 Å². The summed E-state index contributed by atoms with van der Waals surface area (Å²) in [5, 5.41) is 10.8. The third-order valence-electron chi connectivity index (χ3n) is 4.45. The fourth-order valence-electron chi connectivity index (χ4n) is 2.95. The average molecular weight is 378 g/mol. The fraction of sp³-hybridized carbons (Fsp3) is 0.238. The number of hydrogen-bond donors (Lipinski definition) is 2. The lowest BCUT2D eigenvalue weighted by atomic mass is 10.1. The van der Waals surface area contributed by atoms with Crippen molar-refractivity contribution in [1.82, 2.24) is 5.32 Å². The molecule has 1 aliphatic heterocycles. The highest BCUT2D eigenvalue weighted by atomic mass is 16.2. The molecule has 0 radical (unpaired) electrons. The minimum absolute atomic E-state index is 0.171. The molecule has 144 valence electrons. The van der Waals surface area contributed by atoms with Gasteiger partial charge in [-0.05, 0) is 37.1 Å². The van der Waals surface area contributed by atoms with E-state index in [9.17, 15) is 14.4 Å². The van der Waals surface area contributed by atoms with E-state index in [-0.39, 0.29) is 36.9 Å². The second-order valence-corrected chi connectivity index (χ2v) is 6.59. The van der Waals surface area contributed by atoms with E-state index in [2.05, 4.69) is 15.7 Å². The smallest absolute Gasteiger partial charge is 0.267 e. The van der Waals surface area contributed by atoms with Gasteiger partial charge in [0.2, 0.25) is 11.8 Å². The number of hydrogen-bond acceptors (Lipinski definition) is 4. The van der Waals surface area contributed by atoms with Crippen LogP contribution in [-0.4, -0.2) is 30.0 Å². The lowest BCUT2D eigenvalue weighted by Crippen LogP contribution is -2.41. The van der Waals surface area contributed by atoms with Gasteiger partial charge >= 0.3 is 0 Å². The molecule has 7 nitrogen and oxygen atoms in total. The standard InChI is InChI=1S/C21H22N4O3/c1-14-7-6-8-15(2)20(14)23-18(26)13-22-21(28)17-11-12-19(27)25(24-17)16-9-4-3-5-10-16/h3-10H,11-13H2,1-2H3,(H,22,28)(H,23,26). The molecule has 3 amide bonds. The van der Waals surface area contributed by atoms with Crippen molar-refractivity contribution < 1.29 is 14.4 Å². The van der Waals surface area contributed by atoms with E-state index in [1.807, 2.05) is 38.1 Å². The van der Waals surface area contributed by atoms with E-state index >= 15 is 0 Å². The molecule has 0 aromatic heterocycles. The Bertz CT molecular complexity index is 918. The quantitative estimate of drug-likeness (QED) is 0.838. The third kappa shape index (κ3) is 4.43. The van der Waals surface area contributed by atoms with Gasteiger partial charge in [-0.15, -0.1) is 0 Å². The van der Waals surface area contributed by atoms with Crippen LogP contribution in [0.25, 0.3) is 0 Å². The molecule has 28 heavy (non-hydrogen) atoms. The van der Waals surface area contributed by atoms with Crippen molar-refractivity contribution in [3.63, 3.8) is 0 Å². The van der Waals surface area contributed by atoms with Crippen LogP contribution < -0.4 is 15.6 Å². The molecule has 0 fully saturated rings. The molecule has 2 N–H and O–H groups in total. The van der Waals surface area contributed by atoms with Gasteiger partial charge in [0.15, 0.2) is 0 Å². The molecule has 1 heterocycles. The number of para-hydroxylation sites is 2. The van der Waals surface area contributed by atoms with Gasteiger partial charge in [0.25, 0.3) is 5.91 Å². The Morgan fingerprint density at radius 1 is 1.00 bits per heavy atom. The third-order valence-corrected chi connectivity index (χ3v) is 4.45. The van der Waals surface area contributed by atoms with Crippen LogP contribution >= 0.6 is 0 Å². The number of carbonyl (C=O) groups is 3. The van der Waals surface area contributed by atoms with Gasteiger partial charge in [-0.1, -0.05) is 36.4 Å². The zero-order valence-electron chi connectivity index (χ0n) is 15.9. The number of rotatable bonds is 5. The Morgan fingerprint density at radius 2 is 1.68 bits per heavy atom. The summed E-state index contributed by atoms with van der Waals surface area (Å²) >= 11 is 0. The molecular formula is C21H22N4O3. The first-order chi connectivity index (χ1) is 13.5. The highest BCUT2D eigenvalue weighted by molar-refractivity contribution is 6.40. The van der Waals surface area contributed by atoms with Crippen molar-refractivity contribution >= 4 is 34.8 Å². The molecule has 0 saturated carbocycles. The molecule has 0 bridgehead atoms. The van der Waals surface area contributed by atoms with Crippen LogP contribution in [0.4, 0.5) is 11.4 Å². The maximum atomic E-state index is 12.4. The minimum Gasteiger partial charge on any atom is -0.342 e. The van der Waals surface area contributed by atoms with Gasteiger partial charge in [-0.2, -0.15) is 5.10 Å². The number of anilines is 2. The SMILES string of the molecule is Cc1cccc(C)c1NC(=O)CNC(=O)C1=NN(c2ccccc2)C(=O)CC1. The van der Waals surface area contributed by atoms with Crippen LogP contribution in [0.2, 0.25) is 0 Å². The fourth-order valence-corrected chi connectivity index (χ4v) is 2.95. The summed E-state index contributed by atoms with van der Waals surface area (Å²) in [5.41, 5.74) is 3.48. The predicted molar refractivity (Wildman–Crippen MR) is 108 cm³/mol. The van der Waals surface area contributed by atoms with Crippen LogP contribution in [0, 0.1) is 13.8 Å². The van der Waals surface area contributed by atoms with Gasteiger partial charge in [0.05, 0.1) is 12.2 Å². The minimum atomic E-state index is -0.454. The number of nitrogens with one attached hydrogen (secondary N) is 2. The molecule has 3 rings (SSSR count). The maximum absolute atomic E-state index is 12.4. The molecule has 0 atom stereocenters. The number of nitrogens with zero attached hydrogens (tertiary/aromatic N) is 2. The van der Waals surface area contributed by atoms with E-state index < -0.39 is 5.91 Å². The van der Waals surface area contributed by atoms with Crippen molar-refractivity contribution in [2.24, 2.45) is 5.10 Å². The monoisotopic (exact) mass is 378 g/mol. The number of carbonyl (C=O) groups excluding carboxylic acids is 3. The van der Waals surface area contributed by atoms with Crippen molar-refractivity contribution in [3.8, 4) is 0 Å². The molecule has 1 aliphatic rings. The Labute approximate surface area is 163 Å². The highest BCUT2D eigenvalue weighted by Gasteiger charge is 2.25. The summed E-state index contributed by atoms with van der Waals surface area (Å²) in [6, 6.07) is 14.7. The van der Waals surface area contributed by atoms with Gasteiger partial charge in [0.1, 0.15) is 5.71 Å². The summed E-state index contributed by atoms with van der Waals surface area (Å²) in [4.78, 5) is 36.7.